The zero-order valence-electron chi connectivity index (χ0n) is 16.9. The van der Waals surface area contributed by atoms with Gasteiger partial charge in [-0.3, -0.25) is 4.79 Å². The van der Waals surface area contributed by atoms with E-state index >= 15 is 0 Å². The fourth-order valence-electron chi connectivity index (χ4n) is 3.09. The Morgan fingerprint density at radius 3 is 2.25 bits per heavy atom. The van der Waals surface area contributed by atoms with Gasteiger partial charge in [-0.1, -0.05) is 69.3 Å². The summed E-state index contributed by atoms with van der Waals surface area (Å²) in [5.41, 5.74) is 3.49. The van der Waals surface area contributed by atoms with E-state index in [1.165, 1.54) is 16.2 Å². The lowest BCUT2D eigenvalue weighted by Gasteiger charge is -2.19. The third-order valence-electron chi connectivity index (χ3n) is 4.79. The monoisotopic (exact) mass is 390 g/mol. The summed E-state index contributed by atoms with van der Waals surface area (Å²) in [5, 5.41) is 0. The highest BCUT2D eigenvalue weighted by atomic mass is 32.2. The van der Waals surface area contributed by atoms with Crippen LogP contribution in [0.15, 0.2) is 83.9 Å². The first-order chi connectivity index (χ1) is 13.4. The predicted octanol–water partition coefficient (Wildman–Crippen LogP) is 5.49. The molecule has 0 atom stereocenters. The summed E-state index contributed by atoms with van der Waals surface area (Å²) in [6.45, 7) is 7.09. The van der Waals surface area contributed by atoms with E-state index in [0.717, 1.165) is 17.7 Å². The minimum absolute atomic E-state index is 0.142. The molecule has 0 saturated carbocycles. The van der Waals surface area contributed by atoms with Gasteiger partial charge in [0.2, 0.25) is 12.3 Å². The summed E-state index contributed by atoms with van der Waals surface area (Å²) in [7, 11) is 0. The lowest BCUT2D eigenvalue weighted by Crippen LogP contribution is -2.41. The molecule has 2 aromatic carbocycles. The number of nitrogens with zero attached hydrogens (tertiary/aromatic N) is 1. The van der Waals surface area contributed by atoms with Crippen LogP contribution < -0.4 is 4.57 Å². The molecule has 3 aromatic rings. The first-order valence-corrected chi connectivity index (χ1v) is 10.7. The molecule has 0 spiro atoms. The van der Waals surface area contributed by atoms with Gasteiger partial charge in [-0.05, 0) is 23.1 Å². The second kappa shape index (κ2) is 9.20. The Morgan fingerprint density at radius 2 is 1.57 bits per heavy atom. The average Bonchev–Trinajstić information content (AvgIpc) is 2.69. The molecule has 0 saturated heterocycles. The highest BCUT2D eigenvalue weighted by molar-refractivity contribution is 7.99. The molecule has 0 aliphatic heterocycles. The van der Waals surface area contributed by atoms with E-state index in [4.69, 9.17) is 0 Å². The lowest BCUT2D eigenvalue weighted by atomic mass is 9.87. The molecular formula is C25H28NOS+. The molecule has 0 radical (unpaired) electrons. The molecule has 0 fully saturated rings. The molecule has 28 heavy (non-hydrogen) atoms. The minimum Gasteiger partial charge on any atom is -0.287 e. The van der Waals surface area contributed by atoms with E-state index in [9.17, 15) is 4.79 Å². The van der Waals surface area contributed by atoms with Gasteiger partial charge in [0.05, 0.1) is 0 Å². The first kappa shape index (κ1) is 20.3. The van der Waals surface area contributed by atoms with Gasteiger partial charge in [-0.15, -0.1) is 11.8 Å². The van der Waals surface area contributed by atoms with Crippen molar-refractivity contribution in [2.24, 2.45) is 0 Å². The quantitative estimate of drug-likeness (QED) is 0.302. The maximum absolute atomic E-state index is 12.5. The lowest BCUT2D eigenvalue weighted by molar-refractivity contribution is -0.690. The zero-order valence-corrected chi connectivity index (χ0v) is 17.7. The number of benzene rings is 2. The van der Waals surface area contributed by atoms with Crippen molar-refractivity contribution in [2.45, 2.75) is 44.0 Å². The van der Waals surface area contributed by atoms with Crippen molar-refractivity contribution in [3.8, 4) is 0 Å². The molecule has 2 nitrogen and oxygen atoms in total. The molecule has 3 heteroatoms. The van der Waals surface area contributed by atoms with E-state index in [2.05, 4.69) is 55.7 Å². The molecule has 0 bridgehead atoms. The van der Waals surface area contributed by atoms with E-state index in [0.29, 0.717) is 6.54 Å². The van der Waals surface area contributed by atoms with Crippen molar-refractivity contribution in [2.75, 3.05) is 5.75 Å². The minimum atomic E-state index is 0.142. The molecular weight excluding hydrogens is 362 g/mol. The number of aromatic nitrogens is 1. The summed E-state index contributed by atoms with van der Waals surface area (Å²) in [6, 6.07) is 24.5. The Kier molecular flexibility index (Phi) is 6.69. The Hall–Kier alpha value is -2.39. The van der Waals surface area contributed by atoms with Gasteiger partial charge in [-0.25, -0.2) is 0 Å². The molecule has 0 N–H and O–H groups in total. The van der Waals surface area contributed by atoms with Crippen LogP contribution in [0.1, 0.15) is 42.4 Å². The number of ketones is 1. The van der Waals surface area contributed by atoms with Crippen molar-refractivity contribution in [3.63, 3.8) is 0 Å². The molecule has 1 heterocycles. The standard InChI is InChI=1S/C25H28NOS/c1-25(2,3)21-12-14-23(15-13-21)28-18-16-22-11-7-8-17-26(22)19-24(27)20-9-5-4-6-10-20/h4-15,17H,16,18-19H2,1-3H3/q+1. The van der Waals surface area contributed by atoms with Gasteiger partial charge >= 0.3 is 0 Å². The van der Waals surface area contributed by atoms with Gasteiger partial charge in [0.25, 0.3) is 0 Å². The largest absolute Gasteiger partial charge is 0.287 e. The van der Waals surface area contributed by atoms with Gasteiger partial charge in [0, 0.05) is 34.8 Å². The van der Waals surface area contributed by atoms with Crippen LogP contribution in [0.25, 0.3) is 0 Å². The topological polar surface area (TPSA) is 20.9 Å². The third kappa shape index (κ3) is 5.56. The van der Waals surface area contributed by atoms with Crippen LogP contribution in [0, 0.1) is 0 Å². The molecule has 0 aliphatic rings. The van der Waals surface area contributed by atoms with Crippen molar-refractivity contribution < 1.29 is 9.36 Å². The molecule has 3 rings (SSSR count). The SMILES string of the molecule is CC(C)(C)c1ccc(SCCc2cccc[n+]2CC(=O)c2ccccc2)cc1. The van der Waals surface area contributed by atoms with E-state index in [-0.39, 0.29) is 11.2 Å². The first-order valence-electron chi connectivity index (χ1n) is 9.72. The number of aryl methyl sites for hydroxylation is 1. The van der Waals surface area contributed by atoms with Gasteiger partial charge in [0.15, 0.2) is 11.9 Å². The van der Waals surface area contributed by atoms with Crippen LogP contribution in [0.5, 0.6) is 0 Å². The Morgan fingerprint density at radius 1 is 0.893 bits per heavy atom. The second-order valence-corrected chi connectivity index (χ2v) is 9.15. The number of carbonyl (C=O) groups is 1. The highest BCUT2D eigenvalue weighted by Crippen LogP contribution is 2.25. The van der Waals surface area contributed by atoms with E-state index in [1.54, 1.807) is 0 Å². The fraction of sp³-hybridized carbons (Fsp3) is 0.280. The van der Waals surface area contributed by atoms with Crippen molar-refractivity contribution in [1.82, 2.24) is 0 Å². The van der Waals surface area contributed by atoms with Crippen molar-refractivity contribution in [3.05, 3.63) is 95.8 Å². The molecule has 0 unspecified atom stereocenters. The summed E-state index contributed by atoms with van der Waals surface area (Å²) in [5.74, 6) is 1.13. The number of pyridine rings is 1. The molecule has 0 amide bonds. The van der Waals surface area contributed by atoms with Gasteiger partial charge in [-0.2, -0.15) is 4.57 Å². The molecule has 144 valence electrons. The van der Waals surface area contributed by atoms with Crippen molar-refractivity contribution in [1.29, 1.82) is 0 Å². The third-order valence-corrected chi connectivity index (χ3v) is 5.81. The van der Waals surface area contributed by atoms with Gasteiger partial charge in [0.1, 0.15) is 0 Å². The smallest absolute Gasteiger partial charge is 0.227 e. The van der Waals surface area contributed by atoms with Crippen LogP contribution in [0.4, 0.5) is 0 Å². The van der Waals surface area contributed by atoms with Crippen LogP contribution in [-0.4, -0.2) is 11.5 Å². The summed E-state index contributed by atoms with van der Waals surface area (Å²) < 4.78 is 2.07. The van der Waals surface area contributed by atoms with Gasteiger partial charge < -0.3 is 0 Å². The maximum atomic E-state index is 12.5. The summed E-state index contributed by atoms with van der Waals surface area (Å²) in [6.07, 6.45) is 2.92. The predicted molar refractivity (Wildman–Crippen MR) is 117 cm³/mol. The number of thioether (sulfide) groups is 1. The molecule has 0 aliphatic carbocycles. The zero-order chi connectivity index (χ0) is 20.0. The average molecular weight is 391 g/mol. The van der Waals surface area contributed by atoms with Crippen LogP contribution in [0.3, 0.4) is 0 Å². The normalized spacial score (nSPS) is 11.4. The summed E-state index contributed by atoms with van der Waals surface area (Å²) >= 11 is 1.86. The van der Waals surface area contributed by atoms with Crippen LogP contribution in [0.2, 0.25) is 0 Å². The number of carbonyl (C=O) groups excluding carboxylic acids is 1. The number of rotatable bonds is 7. The Bertz CT molecular complexity index is 911. The highest BCUT2D eigenvalue weighted by Gasteiger charge is 2.16. The number of Topliss-reactive ketones (excluding diaryl/α,β-unsaturated/α-hetero) is 1. The molecule has 1 aromatic heterocycles. The van der Waals surface area contributed by atoms with Crippen LogP contribution >= 0.6 is 11.8 Å². The number of hydrogen-bond acceptors (Lipinski definition) is 2. The van der Waals surface area contributed by atoms with E-state index < -0.39 is 0 Å². The Balaban J connectivity index is 1.60. The van der Waals surface area contributed by atoms with Crippen molar-refractivity contribution >= 4 is 17.5 Å². The van der Waals surface area contributed by atoms with E-state index in [1.807, 2.05) is 60.4 Å². The fourth-order valence-corrected chi connectivity index (χ4v) is 3.96. The maximum Gasteiger partial charge on any atom is 0.227 e. The number of hydrogen-bond donors (Lipinski definition) is 0. The van der Waals surface area contributed by atoms with Crippen LogP contribution in [-0.2, 0) is 18.4 Å². The Labute approximate surface area is 172 Å². The summed E-state index contributed by atoms with van der Waals surface area (Å²) in [4.78, 5) is 13.8. The second-order valence-electron chi connectivity index (χ2n) is 7.98.